The van der Waals surface area contributed by atoms with Crippen LogP contribution in [0.15, 0.2) is 0 Å². The zero-order chi connectivity index (χ0) is 19.7. The average molecular weight is 367 g/mol. The zero-order valence-electron chi connectivity index (χ0n) is 17.0. The Kier molecular flexibility index (Phi) is 14.9. The van der Waals surface area contributed by atoms with Gasteiger partial charge in [-0.15, -0.1) is 0 Å². The Bertz CT molecular complexity index is 327. The molecule has 0 heterocycles. The first-order valence-electron chi connectivity index (χ1n) is 7.65. The summed E-state index contributed by atoms with van der Waals surface area (Å²) in [5.74, 6) is -1.08. The van der Waals surface area contributed by atoms with E-state index in [1.165, 1.54) is 12.7 Å². The Morgan fingerprint density at radius 3 is 1.46 bits per heavy atom. The van der Waals surface area contributed by atoms with Crippen molar-refractivity contribution in [3.63, 3.8) is 0 Å². The van der Waals surface area contributed by atoms with Crippen molar-refractivity contribution < 1.29 is 28.8 Å². The Hall–Kier alpha value is -0.923. The van der Waals surface area contributed by atoms with Crippen LogP contribution >= 0.6 is 0 Å². The lowest BCUT2D eigenvalue weighted by molar-refractivity contribution is -0.873. The Balaban J connectivity index is -0.000000212. The van der Waals surface area contributed by atoms with Gasteiger partial charge in [-0.25, -0.2) is 0 Å². The third-order valence-electron chi connectivity index (χ3n) is 3.57. The van der Waals surface area contributed by atoms with Gasteiger partial charge in [0.25, 0.3) is 0 Å². The maximum Gasteiger partial charge on any atom is 0.124 e. The van der Waals surface area contributed by atoms with Crippen molar-refractivity contribution >= 4 is 20.5 Å². The molecule has 0 radical (unpaired) electrons. The van der Waals surface area contributed by atoms with Crippen LogP contribution in [0, 0.1) is 0 Å². The molecule has 148 valence electrons. The van der Waals surface area contributed by atoms with Gasteiger partial charge in [-0.1, -0.05) is 34.4 Å². The molecule has 0 aliphatic heterocycles. The van der Waals surface area contributed by atoms with Gasteiger partial charge in [-0.2, -0.15) is 0 Å². The molecule has 6 nitrogen and oxygen atoms in total. The third kappa shape index (κ3) is 21.1. The Morgan fingerprint density at radius 2 is 1.29 bits per heavy atom. The molecule has 0 aromatic heterocycles. The highest BCUT2D eigenvalue weighted by molar-refractivity contribution is 6.80. The van der Waals surface area contributed by atoms with E-state index in [-0.39, 0.29) is 7.43 Å². The molecule has 0 fully saturated rings. The summed E-state index contributed by atoms with van der Waals surface area (Å²) in [6, 6.07) is 0. The average Bonchev–Trinajstić information content (AvgIpc) is 2.08. The molecule has 0 atom stereocenters. The van der Waals surface area contributed by atoms with Crippen LogP contribution in [-0.4, -0.2) is 84.5 Å². The first kappa shape index (κ1) is 30.9. The number of carbonyl (C=O) groups excluding carboxylic acids is 2. The number of carboxylic acids is 1. The highest BCUT2D eigenvalue weighted by atomic mass is 28.3. The minimum Gasteiger partial charge on any atom is -0.554 e. The van der Waals surface area contributed by atoms with Crippen molar-refractivity contribution in [3.05, 3.63) is 0 Å². The molecule has 7 heteroatoms. The number of nitrogens with zero attached hydrogens (tertiary/aromatic N) is 2. The lowest BCUT2D eigenvalue weighted by atomic mass is 10.2. The van der Waals surface area contributed by atoms with Gasteiger partial charge in [0.05, 0.1) is 55.0 Å². The second kappa shape index (κ2) is 11.6. The molecule has 0 bridgehead atoms. The lowest BCUT2D eigenvalue weighted by Gasteiger charge is -2.45. The molecule has 0 aromatic carbocycles. The van der Waals surface area contributed by atoms with Crippen molar-refractivity contribution in [2.75, 3.05) is 55.0 Å². The Morgan fingerprint density at radius 1 is 1.04 bits per heavy atom. The minimum absolute atomic E-state index is 0. The topological polar surface area (TPSA) is 80.3 Å². The molecule has 0 unspecified atom stereocenters. The van der Waals surface area contributed by atoms with Crippen LogP contribution in [-0.2, 0) is 9.59 Å². The standard InChI is InChI=1S/C13H34N2Si.C2H4O2.CH2O2.CH4/c1-13(2,11-14(3,4)5)16(9,10)12-15(6,7)8;1-2(3)4;2-1-3;/h11-12H2,1-10H3;1H3,(H,3,4);1H,(H,2,3);1H4/q+2;;;/p-2. The van der Waals surface area contributed by atoms with Gasteiger partial charge in [0.2, 0.25) is 0 Å². The number of hydrogen-bond acceptors (Lipinski definition) is 4. The number of rotatable bonds is 5. The van der Waals surface area contributed by atoms with Gasteiger partial charge >= 0.3 is 0 Å². The molecular weight excluding hydrogens is 324 g/mol. The van der Waals surface area contributed by atoms with Gasteiger partial charge < -0.3 is 28.8 Å². The SMILES string of the molecule is C.CC(=O)[O-].CC(C)(C[N+](C)(C)C)[Si](C)(C)C[N+](C)(C)C.O=C[O-]. The number of carbonyl (C=O) groups is 2. The highest BCUT2D eigenvalue weighted by Gasteiger charge is 2.46. The normalized spacial score (nSPS) is 11.8. The summed E-state index contributed by atoms with van der Waals surface area (Å²) >= 11 is 0. The number of hydrogen-bond donors (Lipinski definition) is 0. The molecule has 0 rings (SSSR count). The third-order valence-corrected chi connectivity index (χ3v) is 9.13. The van der Waals surface area contributed by atoms with Gasteiger partial charge in [0.15, 0.2) is 0 Å². The van der Waals surface area contributed by atoms with Crippen LogP contribution in [0.3, 0.4) is 0 Å². The molecular formula is C17H42N2O4Si. The van der Waals surface area contributed by atoms with E-state index in [0.29, 0.717) is 5.04 Å². The van der Waals surface area contributed by atoms with E-state index in [9.17, 15) is 0 Å². The summed E-state index contributed by atoms with van der Waals surface area (Å²) in [6.45, 7) is 11.8. The fraction of sp³-hybridized carbons (Fsp3) is 0.882. The maximum atomic E-state index is 8.89. The highest BCUT2D eigenvalue weighted by Crippen LogP contribution is 2.39. The van der Waals surface area contributed by atoms with E-state index >= 15 is 0 Å². The first-order valence-corrected chi connectivity index (χ1v) is 10.9. The van der Waals surface area contributed by atoms with Gasteiger partial charge in [0, 0.05) is 17.5 Å². The molecule has 0 aliphatic carbocycles. The second-order valence-corrected chi connectivity index (χ2v) is 14.7. The fourth-order valence-corrected chi connectivity index (χ4v) is 6.50. The van der Waals surface area contributed by atoms with Crippen LogP contribution in [0.4, 0.5) is 0 Å². The molecule has 0 saturated heterocycles. The van der Waals surface area contributed by atoms with E-state index in [1.807, 2.05) is 0 Å². The second-order valence-electron chi connectivity index (χ2n) is 9.25. The Labute approximate surface area is 151 Å². The van der Waals surface area contributed by atoms with E-state index in [2.05, 4.69) is 69.2 Å². The van der Waals surface area contributed by atoms with Gasteiger partial charge in [0.1, 0.15) is 8.07 Å². The van der Waals surface area contributed by atoms with Gasteiger partial charge in [-0.05, 0) is 6.92 Å². The number of carboxylic acid groups (broad SMARTS) is 2. The van der Waals surface area contributed by atoms with E-state index in [0.717, 1.165) is 15.9 Å². The maximum absolute atomic E-state index is 8.89. The van der Waals surface area contributed by atoms with Crippen LogP contribution < -0.4 is 10.2 Å². The molecule has 0 aliphatic rings. The minimum atomic E-state index is -1.22. The summed E-state index contributed by atoms with van der Waals surface area (Å²) in [6.07, 6.45) is 1.35. The summed E-state index contributed by atoms with van der Waals surface area (Å²) in [7, 11) is 12.6. The quantitative estimate of drug-likeness (QED) is 0.395. The molecule has 0 saturated carbocycles. The van der Waals surface area contributed by atoms with Crippen LogP contribution in [0.2, 0.25) is 18.1 Å². The molecule has 24 heavy (non-hydrogen) atoms. The predicted octanol–water partition coefficient (Wildman–Crippen LogP) is 0.185. The molecule has 0 amide bonds. The molecule has 0 aromatic rings. The van der Waals surface area contributed by atoms with Crippen LogP contribution in [0.5, 0.6) is 0 Å². The van der Waals surface area contributed by atoms with E-state index in [4.69, 9.17) is 19.8 Å². The number of quaternary nitrogens is 2. The molecule has 0 N–H and O–H groups in total. The smallest absolute Gasteiger partial charge is 0.124 e. The van der Waals surface area contributed by atoms with Crippen LogP contribution in [0.1, 0.15) is 28.2 Å². The van der Waals surface area contributed by atoms with Crippen molar-refractivity contribution in [1.29, 1.82) is 0 Å². The van der Waals surface area contributed by atoms with Crippen molar-refractivity contribution in [2.24, 2.45) is 0 Å². The predicted molar refractivity (Wildman–Crippen MR) is 101 cm³/mol. The zero-order valence-corrected chi connectivity index (χ0v) is 18.0. The summed E-state index contributed by atoms with van der Waals surface area (Å²) in [5.41, 5.74) is 0. The van der Waals surface area contributed by atoms with Gasteiger partial charge in [-0.3, -0.25) is 0 Å². The molecule has 0 spiro atoms. The monoisotopic (exact) mass is 366 g/mol. The van der Waals surface area contributed by atoms with Crippen molar-refractivity contribution in [1.82, 2.24) is 0 Å². The summed E-state index contributed by atoms with van der Waals surface area (Å²) < 4.78 is 2.17. The number of aliphatic carboxylic acids is 1. The van der Waals surface area contributed by atoms with E-state index in [1.54, 1.807) is 0 Å². The lowest BCUT2D eigenvalue weighted by Crippen LogP contribution is -2.58. The van der Waals surface area contributed by atoms with Crippen LogP contribution in [0.25, 0.3) is 0 Å². The fourth-order valence-electron chi connectivity index (χ4n) is 2.80. The first-order chi connectivity index (χ1) is 9.81. The summed E-state index contributed by atoms with van der Waals surface area (Å²) in [4.78, 5) is 17.1. The van der Waals surface area contributed by atoms with E-state index < -0.39 is 20.5 Å². The largest absolute Gasteiger partial charge is 0.554 e. The van der Waals surface area contributed by atoms with Crippen molar-refractivity contribution in [2.45, 2.75) is 46.3 Å². The summed E-state index contributed by atoms with van der Waals surface area (Å²) in [5, 5.41) is 17.6. The van der Waals surface area contributed by atoms with Crippen molar-refractivity contribution in [3.8, 4) is 0 Å².